The van der Waals surface area contributed by atoms with Crippen molar-refractivity contribution in [2.24, 2.45) is 5.10 Å². The van der Waals surface area contributed by atoms with Gasteiger partial charge in [0.15, 0.2) is 6.10 Å². The fraction of sp³-hybridized carbons (Fsp3) is 0.158. The third-order valence-corrected chi connectivity index (χ3v) is 3.64. The van der Waals surface area contributed by atoms with Gasteiger partial charge in [-0.1, -0.05) is 29.8 Å². The van der Waals surface area contributed by atoms with Crippen molar-refractivity contribution in [3.8, 4) is 11.5 Å². The Balaban J connectivity index is 1.94. The maximum absolute atomic E-state index is 12.0. The van der Waals surface area contributed by atoms with Crippen molar-refractivity contribution in [3.05, 3.63) is 71.3 Å². The highest BCUT2D eigenvalue weighted by Crippen LogP contribution is 2.21. The molecule has 0 spiro atoms. The molecular weight excluding hydrogens is 340 g/mol. The number of hydrazone groups is 1. The third kappa shape index (κ3) is 5.36. The summed E-state index contributed by atoms with van der Waals surface area (Å²) in [4.78, 5) is 12.0. The van der Waals surface area contributed by atoms with Crippen LogP contribution < -0.4 is 10.2 Å². The fourth-order valence-corrected chi connectivity index (χ4v) is 2.19. The van der Waals surface area contributed by atoms with Crippen molar-refractivity contribution in [2.75, 3.05) is 0 Å². The number of nitrogens with zero attached hydrogens (tertiary/aromatic N) is 1. The highest BCUT2D eigenvalue weighted by atomic mass is 35.5. The molecule has 5 nitrogen and oxygen atoms in total. The molecule has 130 valence electrons. The lowest BCUT2D eigenvalue weighted by Crippen LogP contribution is -2.33. The van der Waals surface area contributed by atoms with Crippen LogP contribution in [0.25, 0.3) is 0 Å². The Morgan fingerprint density at radius 2 is 2.08 bits per heavy atom. The van der Waals surface area contributed by atoms with E-state index in [1.54, 1.807) is 55.5 Å². The molecule has 0 bridgehead atoms. The number of ether oxygens (including phenoxy) is 1. The molecule has 1 amide bonds. The number of phenols is 1. The van der Waals surface area contributed by atoms with Crippen molar-refractivity contribution in [2.45, 2.75) is 19.4 Å². The minimum atomic E-state index is -0.737. The number of halogens is 1. The Labute approximate surface area is 151 Å². The van der Waals surface area contributed by atoms with E-state index in [1.807, 2.05) is 0 Å². The van der Waals surface area contributed by atoms with Crippen molar-refractivity contribution in [3.63, 3.8) is 0 Å². The fourth-order valence-electron chi connectivity index (χ4n) is 2.06. The second-order valence-corrected chi connectivity index (χ2v) is 5.73. The first-order chi connectivity index (χ1) is 12.0. The molecule has 0 radical (unpaired) electrons. The van der Waals surface area contributed by atoms with Gasteiger partial charge in [0.2, 0.25) is 0 Å². The van der Waals surface area contributed by atoms with Gasteiger partial charge in [-0.15, -0.1) is 6.58 Å². The number of nitrogens with one attached hydrogen (secondary N) is 1. The van der Waals surface area contributed by atoms with E-state index in [0.717, 1.165) is 5.56 Å². The zero-order chi connectivity index (χ0) is 18.2. The highest BCUT2D eigenvalue weighted by molar-refractivity contribution is 6.30. The van der Waals surface area contributed by atoms with Crippen LogP contribution in [0.15, 0.2) is 60.2 Å². The second-order valence-electron chi connectivity index (χ2n) is 5.30. The standard InChI is InChI=1S/C19H19ClN2O3/c1-3-5-14-6-4-7-15(18(14)23)12-21-22-19(24)13(2)25-17-10-8-16(20)9-11-17/h3-4,6-13,23H,1,5H2,2H3,(H,22,24)/b21-12-/t13-/m1/s1. The molecule has 0 aromatic heterocycles. The maximum atomic E-state index is 12.0. The van der Waals surface area contributed by atoms with Gasteiger partial charge in [-0.05, 0) is 49.2 Å². The Bertz CT molecular complexity index is 773. The van der Waals surface area contributed by atoms with Crippen LogP contribution in [0.1, 0.15) is 18.1 Å². The van der Waals surface area contributed by atoms with E-state index in [-0.39, 0.29) is 5.75 Å². The first-order valence-corrected chi connectivity index (χ1v) is 8.06. The van der Waals surface area contributed by atoms with Crippen molar-refractivity contribution < 1.29 is 14.6 Å². The Hall–Kier alpha value is -2.79. The first kappa shape index (κ1) is 18.5. The van der Waals surface area contributed by atoms with Crippen LogP contribution in [-0.4, -0.2) is 23.3 Å². The molecule has 25 heavy (non-hydrogen) atoms. The van der Waals surface area contributed by atoms with Crippen LogP contribution in [0.3, 0.4) is 0 Å². The predicted octanol–water partition coefficient (Wildman–Crippen LogP) is 3.69. The summed E-state index contributed by atoms with van der Waals surface area (Å²) in [5, 5.41) is 14.6. The largest absolute Gasteiger partial charge is 0.507 e. The van der Waals surface area contributed by atoms with Gasteiger partial charge in [-0.25, -0.2) is 5.43 Å². The number of para-hydroxylation sites is 1. The molecule has 0 unspecified atom stereocenters. The van der Waals surface area contributed by atoms with Crippen molar-refractivity contribution in [1.29, 1.82) is 0 Å². The van der Waals surface area contributed by atoms with Gasteiger partial charge in [0, 0.05) is 10.6 Å². The summed E-state index contributed by atoms with van der Waals surface area (Å²) in [5.74, 6) is 0.240. The summed E-state index contributed by atoms with van der Waals surface area (Å²) in [7, 11) is 0. The summed E-state index contributed by atoms with van der Waals surface area (Å²) < 4.78 is 5.50. The number of hydrogen-bond donors (Lipinski definition) is 2. The number of benzene rings is 2. The molecule has 1 atom stereocenters. The Morgan fingerprint density at radius 3 is 2.76 bits per heavy atom. The molecule has 0 fully saturated rings. The number of phenolic OH excluding ortho intramolecular Hbond substituents is 1. The van der Waals surface area contributed by atoms with Gasteiger partial charge in [0.25, 0.3) is 5.91 Å². The number of amides is 1. The number of hydrogen-bond acceptors (Lipinski definition) is 4. The van der Waals surface area contributed by atoms with E-state index in [9.17, 15) is 9.90 Å². The smallest absolute Gasteiger partial charge is 0.280 e. The van der Waals surface area contributed by atoms with E-state index >= 15 is 0 Å². The lowest BCUT2D eigenvalue weighted by atomic mass is 10.1. The zero-order valence-electron chi connectivity index (χ0n) is 13.8. The predicted molar refractivity (Wildman–Crippen MR) is 99.3 cm³/mol. The quantitative estimate of drug-likeness (QED) is 0.450. The van der Waals surface area contributed by atoms with E-state index < -0.39 is 12.0 Å². The highest BCUT2D eigenvalue weighted by Gasteiger charge is 2.14. The minimum Gasteiger partial charge on any atom is -0.507 e. The number of carbonyl (C=O) groups excluding carboxylic acids is 1. The Morgan fingerprint density at radius 1 is 1.36 bits per heavy atom. The molecule has 0 saturated carbocycles. The summed E-state index contributed by atoms with van der Waals surface area (Å²) in [5.41, 5.74) is 3.64. The van der Waals surface area contributed by atoms with Crippen molar-refractivity contribution >= 4 is 23.7 Å². The molecule has 2 aromatic rings. The van der Waals surface area contributed by atoms with E-state index in [4.69, 9.17) is 16.3 Å². The average Bonchev–Trinajstić information content (AvgIpc) is 2.60. The van der Waals surface area contributed by atoms with Gasteiger partial charge in [-0.3, -0.25) is 4.79 Å². The zero-order valence-corrected chi connectivity index (χ0v) is 14.5. The second kappa shape index (κ2) is 8.89. The topological polar surface area (TPSA) is 70.9 Å². The van der Waals surface area contributed by atoms with E-state index in [2.05, 4.69) is 17.1 Å². The van der Waals surface area contributed by atoms with Gasteiger partial charge in [-0.2, -0.15) is 5.10 Å². The normalized spacial score (nSPS) is 11.9. The molecule has 2 aromatic carbocycles. The summed E-state index contributed by atoms with van der Waals surface area (Å²) >= 11 is 5.80. The van der Waals surface area contributed by atoms with E-state index in [1.165, 1.54) is 6.21 Å². The van der Waals surface area contributed by atoms with Gasteiger partial charge in [0.05, 0.1) is 6.21 Å². The summed E-state index contributed by atoms with van der Waals surface area (Å²) in [6.07, 6.45) is 2.90. The molecular formula is C19H19ClN2O3. The molecule has 0 aliphatic heterocycles. The number of carbonyl (C=O) groups is 1. The molecule has 0 aliphatic carbocycles. The van der Waals surface area contributed by atoms with E-state index in [0.29, 0.717) is 22.8 Å². The monoisotopic (exact) mass is 358 g/mol. The molecule has 0 aliphatic rings. The first-order valence-electron chi connectivity index (χ1n) is 7.68. The van der Waals surface area contributed by atoms with Crippen LogP contribution >= 0.6 is 11.6 Å². The number of aromatic hydroxyl groups is 1. The van der Waals surface area contributed by atoms with Crippen LogP contribution in [0, 0.1) is 0 Å². The number of rotatable bonds is 7. The molecule has 0 heterocycles. The SMILES string of the molecule is C=CCc1cccc(/C=N\NC(=O)[C@@H](C)Oc2ccc(Cl)cc2)c1O. The minimum absolute atomic E-state index is 0.117. The van der Waals surface area contributed by atoms with Crippen LogP contribution in [-0.2, 0) is 11.2 Å². The maximum Gasteiger partial charge on any atom is 0.280 e. The third-order valence-electron chi connectivity index (χ3n) is 3.39. The van der Waals surface area contributed by atoms with Gasteiger partial charge in [0.1, 0.15) is 11.5 Å². The summed E-state index contributed by atoms with van der Waals surface area (Å²) in [6, 6.07) is 12.0. The molecule has 6 heteroatoms. The average molecular weight is 359 g/mol. The molecule has 2 rings (SSSR count). The molecule has 2 N–H and O–H groups in total. The van der Waals surface area contributed by atoms with Gasteiger partial charge >= 0.3 is 0 Å². The lowest BCUT2D eigenvalue weighted by molar-refractivity contribution is -0.127. The Kier molecular flexibility index (Phi) is 6.60. The van der Waals surface area contributed by atoms with Crippen LogP contribution in [0.4, 0.5) is 0 Å². The van der Waals surface area contributed by atoms with Crippen molar-refractivity contribution in [1.82, 2.24) is 5.43 Å². The summed E-state index contributed by atoms with van der Waals surface area (Å²) in [6.45, 7) is 5.26. The van der Waals surface area contributed by atoms with Gasteiger partial charge < -0.3 is 9.84 Å². The number of allylic oxidation sites excluding steroid dienone is 1. The molecule has 0 saturated heterocycles. The van der Waals surface area contributed by atoms with Crippen LogP contribution in [0.5, 0.6) is 11.5 Å². The van der Waals surface area contributed by atoms with Crippen LogP contribution in [0.2, 0.25) is 5.02 Å². The lowest BCUT2D eigenvalue weighted by Gasteiger charge is -2.12.